The zero-order valence-corrected chi connectivity index (χ0v) is 16.0. The number of nitrogens with one attached hydrogen (secondary N) is 2. The van der Waals surface area contributed by atoms with Crippen LogP contribution in [0.15, 0.2) is 24.3 Å². The van der Waals surface area contributed by atoms with Crippen LogP contribution in [0.2, 0.25) is 5.02 Å². The third kappa shape index (κ3) is 4.49. The molecule has 0 fully saturated rings. The van der Waals surface area contributed by atoms with Crippen LogP contribution in [0, 0.1) is 0 Å². The number of aromatic amines is 1. The highest BCUT2D eigenvalue weighted by Crippen LogP contribution is 2.23. The molecular formula is C18H20ClN5O4. The monoisotopic (exact) mass is 405 g/mol. The van der Waals surface area contributed by atoms with Crippen LogP contribution in [-0.2, 0) is 22.6 Å². The minimum Gasteiger partial charge on any atom is -0.320 e. The van der Waals surface area contributed by atoms with Crippen LogP contribution in [0.1, 0.15) is 28.2 Å². The number of amides is 3. The second-order valence-electron chi connectivity index (χ2n) is 6.23. The van der Waals surface area contributed by atoms with Crippen LogP contribution in [-0.4, -0.2) is 58.6 Å². The molecule has 0 bridgehead atoms. The number of carbonyl (C=O) groups is 3. The summed E-state index contributed by atoms with van der Waals surface area (Å²) in [5.74, 6) is -0.444. The molecule has 1 aliphatic heterocycles. The van der Waals surface area contributed by atoms with Gasteiger partial charge in [-0.25, -0.2) is 9.86 Å². The van der Waals surface area contributed by atoms with E-state index in [4.69, 9.17) is 16.4 Å². The largest absolute Gasteiger partial charge is 0.322 e. The summed E-state index contributed by atoms with van der Waals surface area (Å²) in [4.78, 5) is 42.4. The number of nitrogens with zero attached hydrogens (tertiary/aromatic N) is 3. The minimum atomic E-state index is -0.444. The van der Waals surface area contributed by atoms with Crippen molar-refractivity contribution >= 4 is 35.5 Å². The summed E-state index contributed by atoms with van der Waals surface area (Å²) in [7, 11) is 1.46. The molecule has 3 amide bonds. The second kappa shape index (κ2) is 8.85. The van der Waals surface area contributed by atoms with Crippen molar-refractivity contribution < 1.29 is 19.2 Å². The Morgan fingerprint density at radius 2 is 2.29 bits per heavy atom. The molecule has 0 aliphatic carbocycles. The molecule has 1 aliphatic rings. The molecular weight excluding hydrogens is 386 g/mol. The summed E-state index contributed by atoms with van der Waals surface area (Å²) in [5.41, 5.74) is 2.26. The summed E-state index contributed by atoms with van der Waals surface area (Å²) in [6, 6.07) is 6.59. The van der Waals surface area contributed by atoms with E-state index in [0.717, 1.165) is 10.8 Å². The van der Waals surface area contributed by atoms with Crippen LogP contribution in [0.25, 0.3) is 0 Å². The fraction of sp³-hybridized carbons (Fsp3) is 0.333. The maximum atomic E-state index is 12.6. The molecule has 0 spiro atoms. The Labute approximate surface area is 166 Å². The molecule has 0 radical (unpaired) electrons. The molecule has 3 rings (SSSR count). The van der Waals surface area contributed by atoms with E-state index < -0.39 is 5.91 Å². The topological polar surface area (TPSA) is 108 Å². The molecule has 0 unspecified atom stereocenters. The van der Waals surface area contributed by atoms with E-state index in [1.165, 1.54) is 7.05 Å². The highest BCUT2D eigenvalue weighted by molar-refractivity contribution is 6.30. The van der Waals surface area contributed by atoms with Gasteiger partial charge in [-0.1, -0.05) is 17.7 Å². The van der Waals surface area contributed by atoms with Gasteiger partial charge in [-0.05, 0) is 18.2 Å². The number of hydroxylamine groups is 2. The zero-order chi connectivity index (χ0) is 20.1. The molecule has 1 aromatic carbocycles. The van der Waals surface area contributed by atoms with Gasteiger partial charge in [0.15, 0.2) is 5.69 Å². The fourth-order valence-electron chi connectivity index (χ4n) is 2.86. The van der Waals surface area contributed by atoms with Crippen molar-refractivity contribution in [1.29, 1.82) is 0 Å². The van der Waals surface area contributed by atoms with Crippen LogP contribution < -0.4 is 5.32 Å². The van der Waals surface area contributed by atoms with Crippen molar-refractivity contribution in [3.8, 4) is 0 Å². The zero-order valence-electron chi connectivity index (χ0n) is 15.3. The standard InChI is InChI=1S/C18H20ClN5O4/c1-23(28-9-3-8-25)17(26)16-14-11-24(7-6-15(14)21-22-16)18(27)20-13-5-2-4-12(19)10-13/h2,4-5,8,10H,3,6-7,9,11H2,1H3,(H,20,27)(H,21,22). The minimum absolute atomic E-state index is 0.104. The number of anilines is 1. The third-order valence-electron chi connectivity index (χ3n) is 4.31. The summed E-state index contributed by atoms with van der Waals surface area (Å²) < 4.78 is 0. The number of hydrogen-bond acceptors (Lipinski definition) is 5. The third-order valence-corrected chi connectivity index (χ3v) is 4.54. The Morgan fingerprint density at radius 1 is 1.46 bits per heavy atom. The molecule has 1 aromatic heterocycles. The Hall–Kier alpha value is -2.91. The van der Waals surface area contributed by atoms with Gasteiger partial charge in [-0.15, -0.1) is 0 Å². The van der Waals surface area contributed by atoms with E-state index in [-0.39, 0.29) is 31.3 Å². The number of carbonyl (C=O) groups excluding carboxylic acids is 3. The molecule has 0 saturated heterocycles. The first-order valence-electron chi connectivity index (χ1n) is 8.72. The lowest BCUT2D eigenvalue weighted by Gasteiger charge is -2.27. The summed E-state index contributed by atoms with van der Waals surface area (Å²) in [5, 5.41) is 11.3. The van der Waals surface area contributed by atoms with E-state index in [0.29, 0.717) is 35.5 Å². The van der Waals surface area contributed by atoms with Crippen LogP contribution >= 0.6 is 11.6 Å². The van der Waals surface area contributed by atoms with Gasteiger partial charge < -0.3 is 15.0 Å². The SMILES string of the molecule is CN(OCCC=O)C(=O)c1n[nH]c2c1CN(C(=O)Nc1cccc(Cl)c1)CC2. The van der Waals surface area contributed by atoms with E-state index in [9.17, 15) is 14.4 Å². The maximum absolute atomic E-state index is 12.6. The van der Waals surface area contributed by atoms with Gasteiger partial charge in [0.05, 0.1) is 13.2 Å². The average Bonchev–Trinajstić information content (AvgIpc) is 3.10. The van der Waals surface area contributed by atoms with Crippen LogP contribution in [0.4, 0.5) is 10.5 Å². The number of halogens is 1. The van der Waals surface area contributed by atoms with Gasteiger partial charge in [0.25, 0.3) is 5.91 Å². The van der Waals surface area contributed by atoms with E-state index in [1.807, 2.05) is 0 Å². The Bertz CT molecular complexity index is 885. The average molecular weight is 406 g/mol. The van der Waals surface area contributed by atoms with Gasteiger partial charge in [-0.3, -0.25) is 14.7 Å². The lowest BCUT2D eigenvalue weighted by atomic mass is 10.1. The molecule has 9 nitrogen and oxygen atoms in total. The quantitative estimate of drug-likeness (QED) is 0.435. The first-order valence-corrected chi connectivity index (χ1v) is 9.09. The molecule has 148 valence electrons. The van der Waals surface area contributed by atoms with Crippen molar-refractivity contribution in [3.05, 3.63) is 46.2 Å². The first kappa shape index (κ1) is 19.8. The van der Waals surface area contributed by atoms with E-state index in [1.54, 1.807) is 29.2 Å². The van der Waals surface area contributed by atoms with Crippen molar-refractivity contribution in [2.75, 3.05) is 25.5 Å². The van der Waals surface area contributed by atoms with Crippen LogP contribution in [0.5, 0.6) is 0 Å². The van der Waals surface area contributed by atoms with Gasteiger partial charge in [0.2, 0.25) is 0 Å². The summed E-state index contributed by atoms with van der Waals surface area (Å²) >= 11 is 5.95. The number of rotatable bonds is 6. The van der Waals surface area contributed by atoms with Crippen molar-refractivity contribution in [2.45, 2.75) is 19.4 Å². The van der Waals surface area contributed by atoms with Crippen molar-refractivity contribution in [2.24, 2.45) is 0 Å². The number of fused-ring (bicyclic) bond motifs is 1. The number of aldehydes is 1. The lowest BCUT2D eigenvalue weighted by molar-refractivity contribution is -0.120. The predicted octanol–water partition coefficient (Wildman–Crippen LogP) is 2.25. The van der Waals surface area contributed by atoms with Crippen molar-refractivity contribution in [3.63, 3.8) is 0 Å². The number of benzene rings is 1. The highest BCUT2D eigenvalue weighted by Gasteiger charge is 2.29. The van der Waals surface area contributed by atoms with Gasteiger partial charge in [0.1, 0.15) is 6.29 Å². The number of H-pyrrole nitrogens is 1. The highest BCUT2D eigenvalue weighted by atomic mass is 35.5. The Kier molecular flexibility index (Phi) is 6.27. The van der Waals surface area contributed by atoms with Crippen LogP contribution in [0.3, 0.4) is 0 Å². The maximum Gasteiger partial charge on any atom is 0.322 e. The molecule has 2 N–H and O–H groups in total. The molecule has 2 aromatic rings. The molecule has 0 saturated carbocycles. The normalized spacial score (nSPS) is 13.0. The van der Waals surface area contributed by atoms with E-state index >= 15 is 0 Å². The molecule has 0 atom stereocenters. The number of urea groups is 1. The van der Waals surface area contributed by atoms with Gasteiger partial charge >= 0.3 is 6.03 Å². The predicted molar refractivity (Wildman–Crippen MR) is 102 cm³/mol. The number of hydrogen-bond donors (Lipinski definition) is 2. The Balaban J connectivity index is 1.68. The second-order valence-corrected chi connectivity index (χ2v) is 6.67. The van der Waals surface area contributed by atoms with E-state index in [2.05, 4.69) is 15.5 Å². The smallest absolute Gasteiger partial charge is 0.320 e. The number of aromatic nitrogens is 2. The fourth-order valence-corrected chi connectivity index (χ4v) is 3.05. The summed E-state index contributed by atoms with van der Waals surface area (Å²) in [6.07, 6.45) is 1.45. The molecule has 2 heterocycles. The Morgan fingerprint density at radius 3 is 3.04 bits per heavy atom. The van der Waals surface area contributed by atoms with Gasteiger partial charge in [0, 0.05) is 48.4 Å². The summed E-state index contributed by atoms with van der Waals surface area (Å²) in [6.45, 7) is 0.828. The van der Waals surface area contributed by atoms with Crippen molar-refractivity contribution in [1.82, 2.24) is 20.2 Å². The molecule has 28 heavy (non-hydrogen) atoms. The first-order chi connectivity index (χ1) is 13.5. The molecule has 10 heteroatoms. The lowest BCUT2D eigenvalue weighted by Crippen LogP contribution is -2.39. The van der Waals surface area contributed by atoms with Gasteiger partial charge in [-0.2, -0.15) is 5.10 Å².